The second kappa shape index (κ2) is 11.6. The van der Waals surface area contributed by atoms with E-state index < -0.39 is 11.5 Å². The highest BCUT2D eigenvalue weighted by Crippen LogP contribution is 2.14. The van der Waals surface area contributed by atoms with Gasteiger partial charge in [0.1, 0.15) is 5.75 Å². The summed E-state index contributed by atoms with van der Waals surface area (Å²) in [6.07, 6.45) is 0. The minimum Gasteiger partial charge on any atom is -0.484 e. The van der Waals surface area contributed by atoms with Crippen molar-refractivity contribution in [3.8, 4) is 5.75 Å². The van der Waals surface area contributed by atoms with Crippen molar-refractivity contribution in [2.24, 2.45) is 10.7 Å². The van der Waals surface area contributed by atoms with E-state index in [1.165, 1.54) is 0 Å². The fourth-order valence-electron chi connectivity index (χ4n) is 2.97. The first kappa shape index (κ1) is 22.9. The molecule has 29 heavy (non-hydrogen) atoms. The number of benzene rings is 1. The highest BCUT2D eigenvalue weighted by Gasteiger charge is 2.25. The Hall–Kier alpha value is -2.36. The Labute approximate surface area is 172 Å². The van der Waals surface area contributed by atoms with Crippen molar-refractivity contribution in [3.63, 3.8) is 0 Å². The van der Waals surface area contributed by atoms with Gasteiger partial charge >= 0.3 is 0 Å². The number of carbonyl (C=O) groups is 1. The molecule has 2 rings (SSSR count). The molecule has 1 unspecified atom stereocenters. The van der Waals surface area contributed by atoms with Crippen molar-refractivity contribution in [2.45, 2.75) is 26.0 Å². The van der Waals surface area contributed by atoms with Crippen LogP contribution in [0.3, 0.4) is 0 Å². The first-order valence-electron chi connectivity index (χ1n) is 9.92. The van der Waals surface area contributed by atoms with Gasteiger partial charge in [-0.05, 0) is 31.5 Å². The van der Waals surface area contributed by atoms with Crippen LogP contribution in [-0.4, -0.2) is 80.0 Å². The van der Waals surface area contributed by atoms with Crippen molar-refractivity contribution in [2.75, 3.05) is 52.5 Å². The quantitative estimate of drug-likeness (QED) is 0.310. The molecule has 0 saturated carbocycles. The smallest absolute Gasteiger partial charge is 0.255 e. The number of hydrogen-bond donors (Lipinski definition) is 4. The van der Waals surface area contributed by atoms with Gasteiger partial charge in [-0.3, -0.25) is 9.69 Å². The SMILES string of the molecule is CCNC(=NCc1cccc(OCC(N)=O)c1)NCC(C)(O)CN1CCOCC1. The van der Waals surface area contributed by atoms with E-state index in [1.807, 2.05) is 32.0 Å². The van der Waals surface area contributed by atoms with Crippen LogP contribution < -0.4 is 21.1 Å². The topological polar surface area (TPSA) is 121 Å². The molecule has 9 heteroatoms. The predicted molar refractivity (Wildman–Crippen MR) is 112 cm³/mol. The lowest BCUT2D eigenvalue weighted by molar-refractivity contribution is -0.119. The molecule has 9 nitrogen and oxygen atoms in total. The summed E-state index contributed by atoms with van der Waals surface area (Å²) < 4.78 is 10.7. The van der Waals surface area contributed by atoms with E-state index in [-0.39, 0.29) is 6.61 Å². The van der Waals surface area contributed by atoms with Crippen molar-refractivity contribution >= 4 is 11.9 Å². The normalized spacial score (nSPS) is 17.4. The maximum atomic E-state index is 10.9. The summed E-state index contributed by atoms with van der Waals surface area (Å²) in [4.78, 5) is 17.6. The third-order valence-corrected chi connectivity index (χ3v) is 4.35. The number of amides is 1. The molecule has 0 radical (unpaired) electrons. The number of hydrogen-bond acceptors (Lipinski definition) is 6. The lowest BCUT2D eigenvalue weighted by atomic mass is 10.1. The second-order valence-electron chi connectivity index (χ2n) is 7.34. The molecule has 1 aromatic rings. The number of nitrogens with two attached hydrogens (primary N) is 1. The third kappa shape index (κ3) is 9.12. The van der Waals surface area contributed by atoms with E-state index in [4.69, 9.17) is 15.2 Å². The van der Waals surface area contributed by atoms with Crippen LogP contribution in [0.1, 0.15) is 19.4 Å². The van der Waals surface area contributed by atoms with Crippen LogP contribution in [0.4, 0.5) is 0 Å². The van der Waals surface area contributed by atoms with E-state index >= 15 is 0 Å². The summed E-state index contributed by atoms with van der Waals surface area (Å²) in [5.74, 6) is 0.678. The van der Waals surface area contributed by atoms with E-state index in [2.05, 4.69) is 20.5 Å². The Morgan fingerprint density at radius 2 is 2.14 bits per heavy atom. The number of nitrogens with one attached hydrogen (secondary N) is 2. The maximum absolute atomic E-state index is 10.9. The lowest BCUT2D eigenvalue weighted by Crippen LogP contribution is -2.52. The molecule has 0 bridgehead atoms. The number of primary amides is 1. The van der Waals surface area contributed by atoms with E-state index in [1.54, 1.807) is 6.07 Å². The van der Waals surface area contributed by atoms with Gasteiger partial charge < -0.3 is 30.9 Å². The minimum absolute atomic E-state index is 0.158. The van der Waals surface area contributed by atoms with Gasteiger partial charge in [-0.15, -0.1) is 0 Å². The number of rotatable bonds is 10. The molecule has 0 aliphatic carbocycles. The standard InChI is InChI=1S/C20H33N5O4/c1-3-22-19(24-14-20(2,27)15-25-7-9-28-10-8-25)23-12-16-5-4-6-17(11-16)29-13-18(21)26/h4-6,11,27H,3,7-10,12-15H2,1-2H3,(H2,21,26)(H2,22,23,24). The van der Waals surface area contributed by atoms with Gasteiger partial charge in [0.2, 0.25) is 0 Å². The summed E-state index contributed by atoms with van der Waals surface area (Å²) >= 11 is 0. The lowest BCUT2D eigenvalue weighted by Gasteiger charge is -2.34. The number of ether oxygens (including phenoxy) is 2. The molecule has 1 atom stereocenters. The van der Waals surface area contributed by atoms with Gasteiger partial charge in [-0.25, -0.2) is 4.99 Å². The number of nitrogens with zero attached hydrogens (tertiary/aromatic N) is 2. The van der Waals surface area contributed by atoms with Gasteiger partial charge in [-0.1, -0.05) is 12.1 Å². The monoisotopic (exact) mass is 407 g/mol. The molecule has 1 aromatic carbocycles. The molecular formula is C20H33N5O4. The van der Waals surface area contributed by atoms with Crippen LogP contribution in [0.15, 0.2) is 29.3 Å². The maximum Gasteiger partial charge on any atom is 0.255 e. The van der Waals surface area contributed by atoms with Crippen molar-refractivity contribution < 1.29 is 19.4 Å². The summed E-state index contributed by atoms with van der Waals surface area (Å²) in [5.41, 5.74) is 5.15. The average Bonchev–Trinajstić information content (AvgIpc) is 2.69. The zero-order valence-electron chi connectivity index (χ0n) is 17.3. The zero-order valence-corrected chi connectivity index (χ0v) is 17.3. The highest BCUT2D eigenvalue weighted by atomic mass is 16.5. The Morgan fingerprint density at radius 1 is 1.38 bits per heavy atom. The van der Waals surface area contributed by atoms with Gasteiger partial charge in [0.05, 0.1) is 25.4 Å². The van der Waals surface area contributed by atoms with Crippen LogP contribution in [0.5, 0.6) is 5.75 Å². The van der Waals surface area contributed by atoms with Crippen LogP contribution in [0, 0.1) is 0 Å². The van der Waals surface area contributed by atoms with Crippen LogP contribution in [0.25, 0.3) is 0 Å². The van der Waals surface area contributed by atoms with E-state index in [0.717, 1.165) is 18.7 Å². The number of morpholine rings is 1. The Balaban J connectivity index is 1.90. The van der Waals surface area contributed by atoms with Crippen LogP contribution >= 0.6 is 0 Å². The average molecular weight is 408 g/mol. The van der Waals surface area contributed by atoms with Gasteiger partial charge in [0.15, 0.2) is 12.6 Å². The molecule has 0 spiro atoms. The Morgan fingerprint density at radius 3 is 2.83 bits per heavy atom. The molecule has 0 aromatic heterocycles. The molecule has 1 saturated heterocycles. The van der Waals surface area contributed by atoms with Gasteiger partial charge in [0.25, 0.3) is 5.91 Å². The number of aliphatic imine (C=N–C) groups is 1. The first-order valence-corrected chi connectivity index (χ1v) is 9.92. The Kier molecular flexibility index (Phi) is 9.17. The van der Waals surface area contributed by atoms with Crippen LogP contribution in [-0.2, 0) is 16.1 Å². The molecule has 1 aliphatic heterocycles. The van der Waals surface area contributed by atoms with Crippen LogP contribution in [0.2, 0.25) is 0 Å². The third-order valence-electron chi connectivity index (χ3n) is 4.35. The van der Waals surface area contributed by atoms with Crippen molar-refractivity contribution in [3.05, 3.63) is 29.8 Å². The Bertz CT molecular complexity index is 675. The van der Waals surface area contributed by atoms with Gasteiger partial charge in [0, 0.05) is 32.7 Å². The fraction of sp³-hybridized carbons (Fsp3) is 0.600. The summed E-state index contributed by atoms with van der Waals surface area (Å²) in [6, 6.07) is 7.36. The minimum atomic E-state index is -0.893. The first-order chi connectivity index (χ1) is 13.9. The summed E-state index contributed by atoms with van der Waals surface area (Å²) in [7, 11) is 0. The summed E-state index contributed by atoms with van der Waals surface area (Å²) in [5, 5.41) is 17.1. The second-order valence-corrected chi connectivity index (χ2v) is 7.34. The predicted octanol–water partition coefficient (Wildman–Crippen LogP) is -0.311. The molecule has 162 valence electrons. The van der Waals surface area contributed by atoms with Crippen molar-refractivity contribution in [1.82, 2.24) is 15.5 Å². The molecular weight excluding hydrogens is 374 g/mol. The van der Waals surface area contributed by atoms with Gasteiger partial charge in [-0.2, -0.15) is 0 Å². The molecule has 1 amide bonds. The van der Waals surface area contributed by atoms with E-state index in [9.17, 15) is 9.90 Å². The summed E-state index contributed by atoms with van der Waals surface area (Å²) in [6.45, 7) is 8.80. The van der Waals surface area contributed by atoms with Crippen molar-refractivity contribution in [1.29, 1.82) is 0 Å². The number of guanidine groups is 1. The zero-order chi connectivity index (χ0) is 21.1. The van der Waals surface area contributed by atoms with E-state index in [0.29, 0.717) is 51.1 Å². The molecule has 5 N–H and O–H groups in total. The number of carbonyl (C=O) groups excluding carboxylic acids is 1. The molecule has 1 aliphatic rings. The largest absolute Gasteiger partial charge is 0.484 e. The number of aliphatic hydroxyl groups is 1. The fourth-order valence-corrected chi connectivity index (χ4v) is 2.97. The number of β-amino-alcohol motifs (C(OH)–C–C–N with tert-alkyl or cyclic N) is 1. The molecule has 1 fully saturated rings. The highest BCUT2D eigenvalue weighted by molar-refractivity contribution is 5.79. The molecule has 1 heterocycles.